The summed E-state index contributed by atoms with van der Waals surface area (Å²) in [7, 11) is 0. The summed E-state index contributed by atoms with van der Waals surface area (Å²) in [5, 5.41) is 15.4. The summed E-state index contributed by atoms with van der Waals surface area (Å²) in [6.07, 6.45) is -6.88. The van der Waals surface area contributed by atoms with E-state index in [4.69, 9.17) is 4.52 Å². The zero-order valence-corrected chi connectivity index (χ0v) is 14.3. The number of β-amino-alcohol motifs (C(OH)–C–C–N with tert-alkyl or cyclic N) is 1. The van der Waals surface area contributed by atoms with Crippen molar-refractivity contribution in [2.24, 2.45) is 0 Å². The van der Waals surface area contributed by atoms with Crippen molar-refractivity contribution < 1.29 is 22.8 Å². The fourth-order valence-electron chi connectivity index (χ4n) is 2.78. The Hall–Kier alpha value is -1.49. The summed E-state index contributed by atoms with van der Waals surface area (Å²) >= 11 is 1.54. The van der Waals surface area contributed by atoms with Gasteiger partial charge in [0.05, 0.1) is 23.9 Å². The van der Waals surface area contributed by atoms with Crippen LogP contribution in [-0.2, 0) is 6.54 Å². The number of alkyl halides is 3. The number of thiophene rings is 1. The molecule has 1 fully saturated rings. The van der Waals surface area contributed by atoms with E-state index in [-0.39, 0.29) is 6.54 Å². The number of hydrogen-bond donors (Lipinski definition) is 1. The zero-order chi connectivity index (χ0) is 17.9. The number of halogens is 3. The molecule has 1 unspecified atom stereocenters. The monoisotopic (exact) mass is 376 g/mol. The lowest BCUT2D eigenvalue weighted by Gasteiger charge is -2.34. The van der Waals surface area contributed by atoms with E-state index in [0.717, 1.165) is 4.88 Å². The molecule has 3 heterocycles. The normalized spacial score (nSPS) is 18.6. The van der Waals surface area contributed by atoms with Crippen LogP contribution in [0, 0.1) is 0 Å². The summed E-state index contributed by atoms with van der Waals surface area (Å²) in [6.45, 7) is 3.10. The largest absolute Gasteiger partial charge is 0.391 e. The SMILES string of the molecule is OC(CN1CCN(Cc2nc(-c3cccs3)no2)CC1)CC(F)(F)F. The van der Waals surface area contributed by atoms with E-state index in [9.17, 15) is 18.3 Å². The third-order valence-corrected chi connectivity index (χ3v) is 4.84. The summed E-state index contributed by atoms with van der Waals surface area (Å²) in [5.41, 5.74) is 0. The smallest absolute Gasteiger partial charge is 0.391 e. The first-order valence-corrected chi connectivity index (χ1v) is 8.83. The molecule has 0 amide bonds. The standard InChI is InChI=1S/C15H19F3N4O2S/c16-15(17,18)8-11(23)9-21-3-5-22(6-4-21)10-13-19-14(20-24-13)12-2-1-7-25-12/h1-2,7,11,23H,3-6,8-10H2. The molecule has 1 aliphatic rings. The third-order valence-electron chi connectivity index (χ3n) is 3.97. The number of hydrogen-bond acceptors (Lipinski definition) is 7. The van der Waals surface area contributed by atoms with Crippen molar-refractivity contribution in [3.63, 3.8) is 0 Å². The molecule has 138 valence electrons. The van der Waals surface area contributed by atoms with Gasteiger partial charge in [0.1, 0.15) is 0 Å². The molecule has 2 aromatic heterocycles. The van der Waals surface area contributed by atoms with Gasteiger partial charge < -0.3 is 9.63 Å². The maximum absolute atomic E-state index is 12.3. The molecule has 1 saturated heterocycles. The van der Waals surface area contributed by atoms with E-state index in [1.807, 2.05) is 22.4 Å². The minimum absolute atomic E-state index is 0.0381. The molecule has 0 radical (unpaired) electrons. The van der Waals surface area contributed by atoms with Crippen LogP contribution in [0.5, 0.6) is 0 Å². The summed E-state index contributed by atoms with van der Waals surface area (Å²) < 4.78 is 42.0. The minimum Gasteiger partial charge on any atom is -0.391 e. The molecule has 1 aliphatic heterocycles. The van der Waals surface area contributed by atoms with Crippen molar-refractivity contribution in [2.75, 3.05) is 32.7 Å². The molecule has 2 aromatic rings. The molecule has 0 aliphatic carbocycles. The van der Waals surface area contributed by atoms with Gasteiger partial charge in [0.15, 0.2) is 0 Å². The Bertz CT molecular complexity index is 654. The molecule has 10 heteroatoms. The molecule has 6 nitrogen and oxygen atoms in total. The van der Waals surface area contributed by atoms with Gasteiger partial charge in [-0.1, -0.05) is 11.2 Å². The Morgan fingerprint density at radius 1 is 1.24 bits per heavy atom. The Morgan fingerprint density at radius 2 is 1.96 bits per heavy atom. The fraction of sp³-hybridized carbons (Fsp3) is 0.600. The topological polar surface area (TPSA) is 65.6 Å². The predicted octanol–water partition coefficient (Wildman–Crippen LogP) is 2.23. The number of rotatable bonds is 6. The van der Waals surface area contributed by atoms with Crippen molar-refractivity contribution in [3.05, 3.63) is 23.4 Å². The van der Waals surface area contributed by atoms with Gasteiger partial charge in [-0.3, -0.25) is 9.80 Å². The van der Waals surface area contributed by atoms with Gasteiger partial charge in [-0.2, -0.15) is 18.2 Å². The quantitative estimate of drug-likeness (QED) is 0.834. The first-order valence-electron chi connectivity index (χ1n) is 7.95. The average Bonchev–Trinajstić information content (AvgIpc) is 3.18. The maximum Gasteiger partial charge on any atom is 0.391 e. The van der Waals surface area contributed by atoms with Crippen LogP contribution in [-0.4, -0.2) is 70.1 Å². The Balaban J connectivity index is 1.44. The molecule has 0 bridgehead atoms. The minimum atomic E-state index is -4.33. The highest BCUT2D eigenvalue weighted by Crippen LogP contribution is 2.23. The molecule has 0 spiro atoms. The molecule has 3 rings (SSSR count). The van der Waals surface area contributed by atoms with E-state index in [1.54, 1.807) is 0 Å². The molecule has 0 aromatic carbocycles. The fourth-order valence-corrected chi connectivity index (χ4v) is 3.43. The highest BCUT2D eigenvalue weighted by molar-refractivity contribution is 7.13. The van der Waals surface area contributed by atoms with Crippen LogP contribution in [0.4, 0.5) is 13.2 Å². The number of aliphatic hydroxyl groups excluding tert-OH is 1. The number of nitrogens with zero attached hydrogens (tertiary/aromatic N) is 4. The number of piperazine rings is 1. The predicted molar refractivity (Wildman–Crippen MR) is 86.0 cm³/mol. The van der Waals surface area contributed by atoms with Crippen molar-refractivity contribution in [1.82, 2.24) is 19.9 Å². The van der Waals surface area contributed by atoms with Crippen LogP contribution in [0.3, 0.4) is 0 Å². The molecule has 0 saturated carbocycles. The van der Waals surface area contributed by atoms with E-state index < -0.39 is 18.7 Å². The number of aromatic nitrogens is 2. The first-order chi connectivity index (χ1) is 11.9. The van der Waals surface area contributed by atoms with Crippen LogP contribution < -0.4 is 0 Å². The van der Waals surface area contributed by atoms with Gasteiger partial charge in [0.25, 0.3) is 0 Å². The Labute approximate surface area is 146 Å². The second kappa shape index (κ2) is 7.81. The highest BCUT2D eigenvalue weighted by atomic mass is 32.1. The van der Waals surface area contributed by atoms with Gasteiger partial charge in [0.2, 0.25) is 11.7 Å². The summed E-state index contributed by atoms with van der Waals surface area (Å²) in [4.78, 5) is 9.26. The lowest BCUT2D eigenvalue weighted by atomic mass is 10.2. The van der Waals surface area contributed by atoms with Crippen molar-refractivity contribution in [1.29, 1.82) is 0 Å². The molecular formula is C15H19F3N4O2S. The Kier molecular flexibility index (Phi) is 5.72. The number of aliphatic hydroxyl groups is 1. The van der Waals surface area contributed by atoms with Gasteiger partial charge in [-0.25, -0.2) is 0 Å². The van der Waals surface area contributed by atoms with E-state index in [0.29, 0.717) is 44.4 Å². The summed E-state index contributed by atoms with van der Waals surface area (Å²) in [5.74, 6) is 1.09. The second-order valence-electron chi connectivity index (χ2n) is 6.04. The summed E-state index contributed by atoms with van der Waals surface area (Å²) in [6, 6.07) is 3.84. The van der Waals surface area contributed by atoms with Gasteiger partial charge in [-0.15, -0.1) is 11.3 Å². The third kappa shape index (κ3) is 5.50. The van der Waals surface area contributed by atoms with Crippen molar-refractivity contribution >= 4 is 11.3 Å². The highest BCUT2D eigenvalue weighted by Gasteiger charge is 2.32. The van der Waals surface area contributed by atoms with Crippen LogP contribution in [0.2, 0.25) is 0 Å². The van der Waals surface area contributed by atoms with Crippen molar-refractivity contribution in [2.45, 2.75) is 25.2 Å². The zero-order valence-electron chi connectivity index (χ0n) is 13.4. The molecule has 25 heavy (non-hydrogen) atoms. The van der Waals surface area contributed by atoms with Crippen LogP contribution >= 0.6 is 11.3 Å². The van der Waals surface area contributed by atoms with E-state index in [1.165, 1.54) is 11.3 Å². The molecule has 1 N–H and O–H groups in total. The molecule has 1 atom stereocenters. The van der Waals surface area contributed by atoms with Gasteiger partial charge >= 0.3 is 6.18 Å². The maximum atomic E-state index is 12.3. The Morgan fingerprint density at radius 3 is 2.60 bits per heavy atom. The van der Waals surface area contributed by atoms with Gasteiger partial charge in [-0.05, 0) is 11.4 Å². The van der Waals surface area contributed by atoms with Crippen LogP contribution in [0.1, 0.15) is 12.3 Å². The van der Waals surface area contributed by atoms with E-state index >= 15 is 0 Å². The van der Waals surface area contributed by atoms with E-state index in [2.05, 4.69) is 15.0 Å². The molecular weight excluding hydrogens is 357 g/mol. The second-order valence-corrected chi connectivity index (χ2v) is 6.99. The lowest BCUT2D eigenvalue weighted by Crippen LogP contribution is -2.48. The first kappa shape index (κ1) is 18.3. The van der Waals surface area contributed by atoms with Gasteiger partial charge in [0, 0.05) is 32.7 Å². The van der Waals surface area contributed by atoms with Crippen LogP contribution in [0.15, 0.2) is 22.0 Å². The lowest BCUT2D eigenvalue weighted by molar-refractivity contribution is -0.155. The average molecular weight is 376 g/mol. The van der Waals surface area contributed by atoms with Crippen LogP contribution in [0.25, 0.3) is 10.7 Å². The van der Waals surface area contributed by atoms with Crippen molar-refractivity contribution in [3.8, 4) is 10.7 Å².